The van der Waals surface area contributed by atoms with Gasteiger partial charge in [0, 0.05) is 0 Å². The zero-order valence-electron chi connectivity index (χ0n) is 14.6. The molecule has 1 atom stereocenters. The second-order valence-electron chi connectivity index (χ2n) is 7.07. The molecule has 0 aromatic rings. The van der Waals surface area contributed by atoms with Gasteiger partial charge in [0.05, 0.1) is 18.8 Å². The van der Waals surface area contributed by atoms with Gasteiger partial charge in [0.25, 0.3) is 0 Å². The van der Waals surface area contributed by atoms with Crippen molar-refractivity contribution in [2.24, 2.45) is 11.7 Å². The van der Waals surface area contributed by atoms with Crippen LogP contribution in [0.3, 0.4) is 0 Å². The van der Waals surface area contributed by atoms with Crippen molar-refractivity contribution < 1.29 is 9.47 Å². The van der Waals surface area contributed by atoms with Crippen LogP contribution in [0.25, 0.3) is 0 Å². The van der Waals surface area contributed by atoms with Crippen LogP contribution in [0.5, 0.6) is 0 Å². The second kappa shape index (κ2) is 9.75. The lowest BCUT2D eigenvalue weighted by molar-refractivity contribution is -0.0794. The van der Waals surface area contributed by atoms with E-state index in [0.29, 0.717) is 12.5 Å². The molecular weight excluding hydrogens is 250 g/mol. The molecule has 20 heavy (non-hydrogen) atoms. The summed E-state index contributed by atoms with van der Waals surface area (Å²) in [5.74, 6) is 0.700. The fraction of sp³-hybridized carbons (Fsp3) is 1.00. The van der Waals surface area contributed by atoms with Crippen molar-refractivity contribution >= 4 is 0 Å². The number of ether oxygens (including phenoxy) is 2. The predicted molar refractivity (Wildman–Crippen MR) is 86.8 cm³/mol. The summed E-state index contributed by atoms with van der Waals surface area (Å²) in [6.45, 7) is 14.1. The zero-order valence-corrected chi connectivity index (χ0v) is 14.6. The molecule has 0 aliphatic heterocycles. The highest BCUT2D eigenvalue weighted by Crippen LogP contribution is 2.21. The Balaban J connectivity index is 4.03. The third-order valence-electron chi connectivity index (χ3n) is 3.55. The molecule has 0 amide bonds. The Kier molecular flexibility index (Phi) is 9.69. The van der Waals surface area contributed by atoms with Gasteiger partial charge in [-0.05, 0) is 52.9 Å². The van der Waals surface area contributed by atoms with Crippen molar-refractivity contribution in [3.05, 3.63) is 0 Å². The molecule has 1 unspecified atom stereocenters. The highest BCUT2D eigenvalue weighted by atomic mass is 16.5. The van der Waals surface area contributed by atoms with Gasteiger partial charge in [-0.3, -0.25) is 0 Å². The van der Waals surface area contributed by atoms with Crippen LogP contribution in [0, 0.1) is 5.92 Å². The van der Waals surface area contributed by atoms with E-state index in [1.807, 2.05) is 13.8 Å². The summed E-state index contributed by atoms with van der Waals surface area (Å²) in [5.41, 5.74) is 5.13. The first kappa shape index (κ1) is 19.9. The largest absolute Gasteiger partial charge is 0.375 e. The third kappa shape index (κ3) is 11.7. The SMILES string of the molecule is CCCCC(CCC)COC(C)(C)CCOC(C)(C)N. The Morgan fingerprint density at radius 3 is 2.10 bits per heavy atom. The lowest BCUT2D eigenvalue weighted by atomic mass is 9.97. The minimum Gasteiger partial charge on any atom is -0.375 e. The van der Waals surface area contributed by atoms with E-state index < -0.39 is 5.72 Å². The van der Waals surface area contributed by atoms with Crippen LogP contribution in [-0.2, 0) is 9.47 Å². The predicted octanol–water partition coefficient (Wildman–Crippen LogP) is 4.49. The van der Waals surface area contributed by atoms with E-state index >= 15 is 0 Å². The highest BCUT2D eigenvalue weighted by Gasteiger charge is 2.22. The molecule has 0 radical (unpaired) electrons. The standard InChI is InChI=1S/C17H37NO2/c1-7-9-11-15(10-8-2)14-20-16(3,4)12-13-19-17(5,6)18/h15H,7-14,18H2,1-6H3. The fourth-order valence-corrected chi connectivity index (χ4v) is 2.19. The Morgan fingerprint density at radius 1 is 0.950 bits per heavy atom. The van der Waals surface area contributed by atoms with Gasteiger partial charge in [0.15, 0.2) is 0 Å². The first-order chi connectivity index (χ1) is 9.20. The summed E-state index contributed by atoms with van der Waals surface area (Å²) in [6, 6.07) is 0. The summed E-state index contributed by atoms with van der Waals surface area (Å²) in [4.78, 5) is 0. The number of unbranched alkanes of at least 4 members (excludes halogenated alkanes) is 1. The molecule has 0 spiro atoms. The smallest absolute Gasteiger partial charge is 0.111 e. The van der Waals surface area contributed by atoms with Crippen molar-refractivity contribution in [2.75, 3.05) is 13.2 Å². The van der Waals surface area contributed by atoms with Crippen LogP contribution < -0.4 is 5.73 Å². The van der Waals surface area contributed by atoms with Crippen LogP contribution in [0.1, 0.15) is 80.1 Å². The average Bonchev–Trinajstić information content (AvgIpc) is 2.31. The molecule has 2 N–H and O–H groups in total. The molecule has 0 heterocycles. The topological polar surface area (TPSA) is 44.5 Å². The molecule has 0 saturated carbocycles. The van der Waals surface area contributed by atoms with Gasteiger partial charge >= 0.3 is 0 Å². The van der Waals surface area contributed by atoms with Crippen molar-refractivity contribution in [3.63, 3.8) is 0 Å². The summed E-state index contributed by atoms with van der Waals surface area (Å²) in [7, 11) is 0. The maximum atomic E-state index is 6.14. The maximum absolute atomic E-state index is 6.14. The molecule has 0 aromatic heterocycles. The number of nitrogens with two attached hydrogens (primary N) is 1. The van der Waals surface area contributed by atoms with Crippen molar-refractivity contribution in [1.29, 1.82) is 0 Å². The fourth-order valence-electron chi connectivity index (χ4n) is 2.19. The molecule has 0 bridgehead atoms. The van der Waals surface area contributed by atoms with E-state index in [4.69, 9.17) is 15.2 Å². The van der Waals surface area contributed by atoms with Crippen LogP contribution in [0.4, 0.5) is 0 Å². The van der Waals surface area contributed by atoms with Gasteiger partial charge in [-0.2, -0.15) is 0 Å². The Morgan fingerprint density at radius 2 is 1.60 bits per heavy atom. The van der Waals surface area contributed by atoms with Crippen molar-refractivity contribution in [1.82, 2.24) is 0 Å². The summed E-state index contributed by atoms with van der Waals surface area (Å²) in [6.07, 6.45) is 7.24. The third-order valence-corrected chi connectivity index (χ3v) is 3.55. The number of hydrogen-bond donors (Lipinski definition) is 1. The normalized spacial score (nSPS) is 14.6. The molecule has 3 heteroatoms. The Hall–Kier alpha value is -0.120. The van der Waals surface area contributed by atoms with Crippen LogP contribution in [-0.4, -0.2) is 24.5 Å². The van der Waals surface area contributed by atoms with E-state index in [1.54, 1.807) is 0 Å². The zero-order chi connectivity index (χ0) is 15.6. The van der Waals surface area contributed by atoms with Gasteiger partial charge in [-0.15, -0.1) is 0 Å². The quantitative estimate of drug-likeness (QED) is 0.538. The molecule has 0 aliphatic carbocycles. The highest BCUT2D eigenvalue weighted by molar-refractivity contribution is 4.71. The monoisotopic (exact) mass is 287 g/mol. The van der Waals surface area contributed by atoms with Gasteiger partial charge in [-0.25, -0.2) is 0 Å². The van der Waals surface area contributed by atoms with Crippen LogP contribution in [0.15, 0.2) is 0 Å². The van der Waals surface area contributed by atoms with Crippen molar-refractivity contribution in [2.45, 2.75) is 91.4 Å². The first-order valence-electron chi connectivity index (χ1n) is 8.27. The summed E-state index contributed by atoms with van der Waals surface area (Å²) in [5, 5.41) is 0. The second-order valence-corrected chi connectivity index (χ2v) is 7.07. The summed E-state index contributed by atoms with van der Waals surface area (Å²) < 4.78 is 11.7. The minimum atomic E-state index is -0.554. The number of hydrogen-bond acceptors (Lipinski definition) is 3. The number of rotatable bonds is 12. The van der Waals surface area contributed by atoms with Crippen molar-refractivity contribution in [3.8, 4) is 0 Å². The first-order valence-corrected chi connectivity index (χ1v) is 8.27. The van der Waals surface area contributed by atoms with E-state index in [9.17, 15) is 0 Å². The Bertz CT molecular complexity index is 234. The molecule has 0 saturated heterocycles. The van der Waals surface area contributed by atoms with Gasteiger partial charge in [0.2, 0.25) is 0 Å². The van der Waals surface area contributed by atoms with E-state index in [-0.39, 0.29) is 5.60 Å². The van der Waals surface area contributed by atoms with E-state index in [2.05, 4.69) is 27.7 Å². The maximum Gasteiger partial charge on any atom is 0.111 e. The molecule has 0 rings (SSSR count). The van der Waals surface area contributed by atoms with Crippen LogP contribution in [0.2, 0.25) is 0 Å². The molecule has 3 nitrogen and oxygen atoms in total. The molecule has 0 aromatic carbocycles. The van der Waals surface area contributed by atoms with E-state index in [1.165, 1.54) is 32.1 Å². The molecule has 0 aliphatic rings. The summed E-state index contributed by atoms with van der Waals surface area (Å²) >= 11 is 0. The Labute approximate surface area is 126 Å². The minimum absolute atomic E-state index is 0.135. The molecule has 0 fully saturated rings. The van der Waals surface area contributed by atoms with Crippen LogP contribution >= 0.6 is 0 Å². The lowest BCUT2D eigenvalue weighted by Gasteiger charge is -2.29. The molecular formula is C17H37NO2. The lowest BCUT2D eigenvalue weighted by Crippen LogP contribution is -2.37. The average molecular weight is 287 g/mol. The molecule has 122 valence electrons. The van der Waals surface area contributed by atoms with Gasteiger partial charge in [0.1, 0.15) is 5.72 Å². The van der Waals surface area contributed by atoms with Gasteiger partial charge in [-0.1, -0.05) is 33.1 Å². The van der Waals surface area contributed by atoms with E-state index in [0.717, 1.165) is 13.0 Å². The van der Waals surface area contributed by atoms with Gasteiger partial charge < -0.3 is 15.2 Å².